The number of halogens is 1. The summed E-state index contributed by atoms with van der Waals surface area (Å²) in [5.41, 5.74) is 0.676. The maximum atomic E-state index is 11.9. The predicted molar refractivity (Wildman–Crippen MR) is 82.0 cm³/mol. The smallest absolute Gasteiger partial charge is 0.251 e. The maximum Gasteiger partial charge on any atom is 0.251 e. The SMILES string of the molecule is C#CCCCNC(=O)c1ccc2cc(Br)ccc2c1. The van der Waals surface area contributed by atoms with Crippen LogP contribution in [0.4, 0.5) is 0 Å². The van der Waals surface area contributed by atoms with Crippen LogP contribution in [0.5, 0.6) is 0 Å². The number of benzene rings is 2. The Morgan fingerprint density at radius 1 is 1.21 bits per heavy atom. The van der Waals surface area contributed by atoms with E-state index in [1.165, 1.54) is 0 Å². The van der Waals surface area contributed by atoms with Gasteiger partial charge in [0.1, 0.15) is 0 Å². The number of rotatable bonds is 4. The Morgan fingerprint density at radius 3 is 2.74 bits per heavy atom. The second-order valence-electron chi connectivity index (χ2n) is 4.27. The minimum Gasteiger partial charge on any atom is -0.352 e. The van der Waals surface area contributed by atoms with Crippen LogP contribution in [-0.2, 0) is 0 Å². The molecule has 1 N–H and O–H groups in total. The fourth-order valence-corrected chi connectivity index (χ4v) is 2.23. The van der Waals surface area contributed by atoms with Gasteiger partial charge in [-0.25, -0.2) is 0 Å². The van der Waals surface area contributed by atoms with Gasteiger partial charge in [0.2, 0.25) is 0 Å². The molecule has 2 rings (SSSR count). The van der Waals surface area contributed by atoms with Gasteiger partial charge in [-0.2, -0.15) is 0 Å². The Labute approximate surface area is 121 Å². The number of hydrogen-bond acceptors (Lipinski definition) is 1. The molecule has 0 unspecified atom stereocenters. The zero-order valence-corrected chi connectivity index (χ0v) is 12.0. The van der Waals surface area contributed by atoms with Crippen LogP contribution in [0.25, 0.3) is 10.8 Å². The fraction of sp³-hybridized carbons (Fsp3) is 0.188. The van der Waals surface area contributed by atoms with Crippen molar-refractivity contribution >= 4 is 32.6 Å². The van der Waals surface area contributed by atoms with Gasteiger partial charge in [-0.05, 0) is 41.5 Å². The van der Waals surface area contributed by atoms with Crippen LogP contribution in [-0.4, -0.2) is 12.5 Å². The van der Waals surface area contributed by atoms with Crippen LogP contribution in [0.1, 0.15) is 23.2 Å². The van der Waals surface area contributed by atoms with E-state index in [1.54, 1.807) is 0 Å². The molecule has 96 valence electrons. The average Bonchev–Trinajstić information content (AvgIpc) is 2.42. The molecular formula is C16H14BrNO. The van der Waals surface area contributed by atoms with Crippen LogP contribution in [0.15, 0.2) is 40.9 Å². The van der Waals surface area contributed by atoms with E-state index in [4.69, 9.17) is 6.42 Å². The summed E-state index contributed by atoms with van der Waals surface area (Å²) in [7, 11) is 0. The van der Waals surface area contributed by atoms with Gasteiger partial charge < -0.3 is 5.32 Å². The lowest BCUT2D eigenvalue weighted by atomic mass is 10.1. The van der Waals surface area contributed by atoms with E-state index in [9.17, 15) is 4.79 Å². The van der Waals surface area contributed by atoms with Gasteiger partial charge in [-0.1, -0.05) is 28.1 Å². The highest BCUT2D eigenvalue weighted by atomic mass is 79.9. The number of fused-ring (bicyclic) bond motifs is 1. The minimum absolute atomic E-state index is 0.0539. The van der Waals surface area contributed by atoms with Crippen LogP contribution in [0.2, 0.25) is 0 Å². The van der Waals surface area contributed by atoms with Crippen LogP contribution in [0, 0.1) is 12.3 Å². The summed E-state index contributed by atoms with van der Waals surface area (Å²) in [6.45, 7) is 0.613. The third kappa shape index (κ3) is 3.59. The highest BCUT2D eigenvalue weighted by Gasteiger charge is 2.05. The molecule has 2 aromatic rings. The van der Waals surface area contributed by atoms with Crippen LogP contribution >= 0.6 is 15.9 Å². The van der Waals surface area contributed by atoms with Crippen molar-refractivity contribution in [3.8, 4) is 12.3 Å². The first-order chi connectivity index (χ1) is 9.20. The molecule has 2 aromatic carbocycles. The second-order valence-corrected chi connectivity index (χ2v) is 5.19. The molecule has 0 heterocycles. The summed E-state index contributed by atoms with van der Waals surface area (Å²) < 4.78 is 1.03. The molecule has 0 aliphatic heterocycles. The van der Waals surface area contributed by atoms with Crippen molar-refractivity contribution in [2.75, 3.05) is 6.54 Å². The van der Waals surface area contributed by atoms with Crippen molar-refractivity contribution in [3.63, 3.8) is 0 Å². The number of nitrogens with one attached hydrogen (secondary N) is 1. The Morgan fingerprint density at radius 2 is 1.95 bits per heavy atom. The van der Waals surface area contributed by atoms with Gasteiger partial charge in [-0.3, -0.25) is 4.79 Å². The van der Waals surface area contributed by atoms with E-state index >= 15 is 0 Å². The molecule has 0 saturated carbocycles. The molecule has 3 heteroatoms. The second kappa shape index (κ2) is 6.40. The van der Waals surface area contributed by atoms with Crippen molar-refractivity contribution in [1.29, 1.82) is 0 Å². The molecular weight excluding hydrogens is 302 g/mol. The van der Waals surface area contributed by atoms with Gasteiger partial charge in [0.25, 0.3) is 5.91 Å². The Bertz CT molecular complexity index is 643. The third-order valence-electron chi connectivity index (χ3n) is 2.85. The summed E-state index contributed by atoms with van der Waals surface area (Å²) in [4.78, 5) is 11.9. The van der Waals surface area contributed by atoms with Crippen LogP contribution in [0.3, 0.4) is 0 Å². The molecule has 0 bridgehead atoms. The molecule has 0 fully saturated rings. The fourth-order valence-electron chi connectivity index (χ4n) is 1.85. The normalized spacial score (nSPS) is 10.1. The van der Waals surface area contributed by atoms with E-state index < -0.39 is 0 Å². The largest absolute Gasteiger partial charge is 0.352 e. The van der Waals surface area contributed by atoms with Crippen molar-refractivity contribution < 1.29 is 4.79 Å². The minimum atomic E-state index is -0.0539. The molecule has 2 nitrogen and oxygen atoms in total. The quantitative estimate of drug-likeness (QED) is 0.675. The van der Waals surface area contributed by atoms with Crippen molar-refractivity contribution in [2.45, 2.75) is 12.8 Å². The molecule has 0 atom stereocenters. The first-order valence-corrected chi connectivity index (χ1v) is 6.91. The maximum absolute atomic E-state index is 11.9. The number of terminal acetylenes is 1. The van der Waals surface area contributed by atoms with Gasteiger partial charge in [-0.15, -0.1) is 12.3 Å². The molecule has 1 amide bonds. The predicted octanol–water partition coefficient (Wildman–Crippen LogP) is 3.75. The lowest BCUT2D eigenvalue weighted by Crippen LogP contribution is -2.24. The molecule has 0 aliphatic rings. The number of unbranched alkanes of at least 4 members (excludes halogenated alkanes) is 1. The number of carbonyl (C=O) groups excluding carboxylic acids is 1. The lowest BCUT2D eigenvalue weighted by molar-refractivity contribution is 0.0953. The molecule has 0 aromatic heterocycles. The monoisotopic (exact) mass is 315 g/mol. The van der Waals surface area contributed by atoms with Gasteiger partial charge in [0.05, 0.1) is 0 Å². The summed E-state index contributed by atoms with van der Waals surface area (Å²) in [5.74, 6) is 2.50. The third-order valence-corrected chi connectivity index (χ3v) is 3.34. The number of hydrogen-bond donors (Lipinski definition) is 1. The summed E-state index contributed by atoms with van der Waals surface area (Å²) in [6.07, 6.45) is 6.66. The van der Waals surface area contributed by atoms with E-state index in [-0.39, 0.29) is 5.91 Å². The zero-order chi connectivity index (χ0) is 13.7. The summed E-state index contributed by atoms with van der Waals surface area (Å²) >= 11 is 3.43. The topological polar surface area (TPSA) is 29.1 Å². The Hall–Kier alpha value is -1.79. The highest BCUT2D eigenvalue weighted by Crippen LogP contribution is 2.20. The zero-order valence-electron chi connectivity index (χ0n) is 10.4. The summed E-state index contributed by atoms with van der Waals surface area (Å²) in [5, 5.41) is 5.03. The van der Waals surface area contributed by atoms with E-state index in [0.717, 1.165) is 21.7 Å². The Balaban J connectivity index is 2.10. The van der Waals surface area contributed by atoms with Gasteiger partial charge in [0, 0.05) is 23.0 Å². The summed E-state index contributed by atoms with van der Waals surface area (Å²) in [6, 6.07) is 11.7. The Kier molecular flexibility index (Phi) is 4.59. The van der Waals surface area contributed by atoms with Crippen molar-refractivity contribution in [1.82, 2.24) is 5.32 Å². The standard InChI is InChI=1S/C16H14BrNO/c1-2-3-4-9-18-16(19)14-6-5-13-11-15(17)8-7-12(13)10-14/h1,5-8,10-11H,3-4,9H2,(H,18,19). The number of carbonyl (C=O) groups is 1. The van der Waals surface area contributed by atoms with Crippen molar-refractivity contribution in [2.24, 2.45) is 0 Å². The van der Waals surface area contributed by atoms with Gasteiger partial charge in [0.15, 0.2) is 0 Å². The molecule has 0 saturated heterocycles. The first kappa shape index (κ1) is 13.6. The van der Waals surface area contributed by atoms with E-state index in [2.05, 4.69) is 27.2 Å². The average molecular weight is 316 g/mol. The van der Waals surface area contributed by atoms with E-state index in [0.29, 0.717) is 18.5 Å². The molecule has 19 heavy (non-hydrogen) atoms. The molecule has 0 aliphatic carbocycles. The van der Waals surface area contributed by atoms with E-state index in [1.807, 2.05) is 36.4 Å². The highest BCUT2D eigenvalue weighted by molar-refractivity contribution is 9.10. The molecule has 0 radical (unpaired) electrons. The van der Waals surface area contributed by atoms with Crippen molar-refractivity contribution in [3.05, 3.63) is 46.4 Å². The number of amides is 1. The van der Waals surface area contributed by atoms with Crippen LogP contribution < -0.4 is 5.32 Å². The molecule has 0 spiro atoms. The van der Waals surface area contributed by atoms with Gasteiger partial charge >= 0.3 is 0 Å². The first-order valence-electron chi connectivity index (χ1n) is 6.11. The lowest BCUT2D eigenvalue weighted by Gasteiger charge is -2.05.